The molecule has 0 spiro atoms. The number of methoxy groups -OCH3 is 1. The number of rotatable bonds is 5. The molecule has 2 rings (SSSR count). The van der Waals surface area contributed by atoms with Crippen LogP contribution in [0.1, 0.15) is 12.5 Å². The summed E-state index contributed by atoms with van der Waals surface area (Å²) < 4.78 is 18.5. The average Bonchev–Trinajstić information content (AvgIpc) is 2.48. The van der Waals surface area contributed by atoms with Crippen molar-refractivity contribution in [1.29, 1.82) is 0 Å². The number of aromatic nitrogens is 1. The lowest BCUT2D eigenvalue weighted by Crippen LogP contribution is -2.08. The summed E-state index contributed by atoms with van der Waals surface area (Å²) in [5.41, 5.74) is 1.82. The number of pyridine rings is 1. The van der Waals surface area contributed by atoms with E-state index in [2.05, 4.69) is 15.6 Å². The first-order valence-corrected chi connectivity index (χ1v) is 6.38. The first kappa shape index (κ1) is 14.8. The van der Waals surface area contributed by atoms with Gasteiger partial charge in [0.25, 0.3) is 0 Å². The summed E-state index contributed by atoms with van der Waals surface area (Å²) in [6, 6.07) is 8.12. The van der Waals surface area contributed by atoms with E-state index in [0.29, 0.717) is 18.1 Å². The Balaban J connectivity index is 2.03. The predicted octanol–water partition coefficient (Wildman–Crippen LogP) is 2.80. The zero-order valence-corrected chi connectivity index (χ0v) is 11.8. The topological polar surface area (TPSA) is 63.2 Å². The molecule has 0 aliphatic heterocycles. The molecule has 21 heavy (non-hydrogen) atoms. The monoisotopic (exact) mass is 289 g/mol. The smallest absolute Gasteiger partial charge is 0.221 e. The Morgan fingerprint density at radius 1 is 1.33 bits per heavy atom. The molecule has 110 valence electrons. The van der Waals surface area contributed by atoms with Crippen LogP contribution in [0.4, 0.5) is 15.8 Å². The summed E-state index contributed by atoms with van der Waals surface area (Å²) in [5.74, 6) is -0.235. The van der Waals surface area contributed by atoms with Crippen LogP contribution >= 0.6 is 0 Å². The molecule has 1 amide bonds. The van der Waals surface area contributed by atoms with Crippen LogP contribution in [0.2, 0.25) is 0 Å². The van der Waals surface area contributed by atoms with Crippen LogP contribution in [0.15, 0.2) is 36.5 Å². The van der Waals surface area contributed by atoms with Gasteiger partial charge in [-0.25, -0.2) is 9.37 Å². The van der Waals surface area contributed by atoms with Gasteiger partial charge >= 0.3 is 0 Å². The molecule has 2 aromatic rings. The van der Waals surface area contributed by atoms with Crippen molar-refractivity contribution in [2.75, 3.05) is 17.7 Å². The minimum Gasteiger partial charge on any atom is -0.481 e. The maximum Gasteiger partial charge on any atom is 0.221 e. The molecule has 1 aromatic heterocycles. The second-order valence-corrected chi connectivity index (χ2v) is 4.44. The van der Waals surface area contributed by atoms with E-state index in [4.69, 9.17) is 4.74 Å². The summed E-state index contributed by atoms with van der Waals surface area (Å²) in [6.45, 7) is 1.87. The van der Waals surface area contributed by atoms with Gasteiger partial charge in [0.15, 0.2) is 0 Å². The fourth-order valence-electron chi connectivity index (χ4n) is 1.76. The van der Waals surface area contributed by atoms with E-state index in [9.17, 15) is 9.18 Å². The SMILES string of the molecule is COc1ccc(CNc2ccc(F)c(NC(C)=O)c2)cn1. The molecule has 6 heteroatoms. The number of hydrogen-bond donors (Lipinski definition) is 2. The molecule has 0 atom stereocenters. The molecule has 5 nitrogen and oxygen atoms in total. The zero-order valence-electron chi connectivity index (χ0n) is 11.8. The van der Waals surface area contributed by atoms with Crippen molar-refractivity contribution >= 4 is 17.3 Å². The molecule has 0 saturated heterocycles. The number of carbonyl (C=O) groups is 1. The van der Waals surface area contributed by atoms with Gasteiger partial charge in [0.2, 0.25) is 11.8 Å². The third kappa shape index (κ3) is 4.17. The number of carbonyl (C=O) groups excluding carboxylic acids is 1. The highest BCUT2D eigenvalue weighted by molar-refractivity contribution is 5.89. The van der Waals surface area contributed by atoms with E-state index in [1.807, 2.05) is 6.07 Å². The fourth-order valence-corrected chi connectivity index (χ4v) is 1.76. The Morgan fingerprint density at radius 3 is 2.76 bits per heavy atom. The standard InChI is InChI=1S/C15H16FN3O2/c1-10(20)19-14-7-12(4-5-13(14)16)17-8-11-3-6-15(21-2)18-9-11/h3-7,9,17H,8H2,1-2H3,(H,19,20). The Morgan fingerprint density at radius 2 is 2.14 bits per heavy atom. The fraction of sp³-hybridized carbons (Fsp3) is 0.200. The lowest BCUT2D eigenvalue weighted by atomic mass is 10.2. The zero-order chi connectivity index (χ0) is 15.2. The molecule has 1 aromatic carbocycles. The molecule has 0 saturated carbocycles. The summed E-state index contributed by atoms with van der Waals surface area (Å²) in [5, 5.41) is 5.58. The van der Waals surface area contributed by atoms with Crippen LogP contribution < -0.4 is 15.4 Å². The molecular formula is C15H16FN3O2. The van der Waals surface area contributed by atoms with Gasteiger partial charge in [-0.1, -0.05) is 6.07 Å². The largest absolute Gasteiger partial charge is 0.481 e. The Labute approximate surface area is 122 Å². The molecular weight excluding hydrogens is 273 g/mol. The van der Waals surface area contributed by atoms with Gasteiger partial charge in [0.05, 0.1) is 12.8 Å². The van der Waals surface area contributed by atoms with Gasteiger partial charge in [0, 0.05) is 31.4 Å². The first-order valence-electron chi connectivity index (χ1n) is 6.38. The van der Waals surface area contributed by atoms with Crippen molar-refractivity contribution < 1.29 is 13.9 Å². The minimum absolute atomic E-state index is 0.153. The van der Waals surface area contributed by atoms with Gasteiger partial charge in [-0.05, 0) is 23.8 Å². The van der Waals surface area contributed by atoms with Gasteiger partial charge in [0.1, 0.15) is 5.82 Å². The van der Waals surface area contributed by atoms with Crippen LogP contribution in [-0.2, 0) is 11.3 Å². The lowest BCUT2D eigenvalue weighted by molar-refractivity contribution is -0.114. The molecule has 0 bridgehead atoms. The number of nitrogens with zero attached hydrogens (tertiary/aromatic N) is 1. The summed E-state index contributed by atoms with van der Waals surface area (Å²) in [7, 11) is 1.56. The number of ether oxygens (including phenoxy) is 1. The molecule has 0 radical (unpaired) electrons. The van der Waals surface area contributed by atoms with E-state index in [1.54, 1.807) is 31.5 Å². The van der Waals surface area contributed by atoms with Gasteiger partial charge in [-0.3, -0.25) is 4.79 Å². The molecule has 0 fully saturated rings. The molecule has 0 aliphatic rings. The summed E-state index contributed by atoms with van der Waals surface area (Å²) in [6.07, 6.45) is 1.70. The van der Waals surface area contributed by atoms with Crippen LogP contribution in [0.5, 0.6) is 5.88 Å². The van der Waals surface area contributed by atoms with Crippen molar-refractivity contribution in [3.05, 3.63) is 47.9 Å². The highest BCUT2D eigenvalue weighted by Crippen LogP contribution is 2.20. The van der Waals surface area contributed by atoms with Crippen molar-refractivity contribution in [3.8, 4) is 5.88 Å². The quantitative estimate of drug-likeness (QED) is 0.888. The maximum absolute atomic E-state index is 13.5. The number of amides is 1. The Kier molecular flexibility index (Phi) is 4.71. The number of benzene rings is 1. The average molecular weight is 289 g/mol. The second-order valence-electron chi connectivity index (χ2n) is 4.44. The van der Waals surface area contributed by atoms with Crippen LogP contribution in [0.3, 0.4) is 0 Å². The number of anilines is 2. The van der Waals surface area contributed by atoms with Crippen LogP contribution in [0.25, 0.3) is 0 Å². The van der Waals surface area contributed by atoms with Crippen molar-refractivity contribution in [1.82, 2.24) is 4.98 Å². The maximum atomic E-state index is 13.5. The van der Waals surface area contributed by atoms with Crippen molar-refractivity contribution in [2.45, 2.75) is 13.5 Å². The normalized spacial score (nSPS) is 10.0. The predicted molar refractivity (Wildman–Crippen MR) is 78.8 cm³/mol. The summed E-state index contributed by atoms with van der Waals surface area (Å²) in [4.78, 5) is 15.1. The van der Waals surface area contributed by atoms with Gasteiger partial charge in [-0.2, -0.15) is 0 Å². The van der Waals surface area contributed by atoms with Crippen LogP contribution in [0, 0.1) is 5.82 Å². The second kappa shape index (κ2) is 6.69. The molecule has 2 N–H and O–H groups in total. The Hall–Kier alpha value is -2.63. The first-order chi connectivity index (χ1) is 10.1. The number of hydrogen-bond acceptors (Lipinski definition) is 4. The van der Waals surface area contributed by atoms with Crippen molar-refractivity contribution in [3.63, 3.8) is 0 Å². The number of halogens is 1. The van der Waals surface area contributed by atoms with Crippen LogP contribution in [-0.4, -0.2) is 18.0 Å². The van der Waals surface area contributed by atoms with Gasteiger partial charge in [-0.15, -0.1) is 0 Å². The van der Waals surface area contributed by atoms with E-state index >= 15 is 0 Å². The minimum atomic E-state index is -0.470. The third-order valence-electron chi connectivity index (χ3n) is 2.78. The summed E-state index contributed by atoms with van der Waals surface area (Å²) >= 11 is 0. The molecule has 0 aliphatic carbocycles. The van der Waals surface area contributed by atoms with E-state index in [-0.39, 0.29) is 11.6 Å². The molecule has 0 unspecified atom stereocenters. The Bertz CT molecular complexity index is 629. The van der Waals surface area contributed by atoms with Gasteiger partial charge < -0.3 is 15.4 Å². The number of nitrogens with one attached hydrogen (secondary N) is 2. The molecule has 1 heterocycles. The van der Waals surface area contributed by atoms with E-state index < -0.39 is 5.82 Å². The van der Waals surface area contributed by atoms with E-state index in [1.165, 1.54) is 13.0 Å². The highest BCUT2D eigenvalue weighted by atomic mass is 19.1. The lowest BCUT2D eigenvalue weighted by Gasteiger charge is -2.10. The van der Waals surface area contributed by atoms with E-state index in [0.717, 1.165) is 5.56 Å². The van der Waals surface area contributed by atoms with Crippen molar-refractivity contribution in [2.24, 2.45) is 0 Å². The highest BCUT2D eigenvalue weighted by Gasteiger charge is 2.05. The third-order valence-corrected chi connectivity index (χ3v) is 2.78.